The number of benzene rings is 1. The number of hydrogen-bond acceptors (Lipinski definition) is 5. The van der Waals surface area contributed by atoms with Crippen LogP contribution in [0.1, 0.15) is 24.2 Å². The minimum Gasteiger partial charge on any atom is -0.497 e. The van der Waals surface area contributed by atoms with Gasteiger partial charge in [-0.2, -0.15) is 0 Å². The van der Waals surface area contributed by atoms with Gasteiger partial charge >= 0.3 is 0 Å². The predicted octanol–water partition coefficient (Wildman–Crippen LogP) is 1.19. The average Bonchev–Trinajstić information content (AvgIpc) is 3.15. The van der Waals surface area contributed by atoms with E-state index in [4.69, 9.17) is 9.47 Å². The van der Waals surface area contributed by atoms with Gasteiger partial charge in [0.1, 0.15) is 5.75 Å². The maximum absolute atomic E-state index is 12.2. The molecule has 1 unspecified atom stereocenters. The van der Waals surface area contributed by atoms with Crippen molar-refractivity contribution in [2.75, 3.05) is 7.11 Å². The minimum atomic E-state index is -1.57. The largest absolute Gasteiger partial charge is 0.497 e. The molecule has 1 fully saturated rings. The zero-order valence-electron chi connectivity index (χ0n) is 10.9. The fourth-order valence-electron chi connectivity index (χ4n) is 2.08. The molecular formula is C14H14O5. The predicted molar refractivity (Wildman–Crippen MR) is 66.3 cm³/mol. The van der Waals surface area contributed by atoms with Gasteiger partial charge in [-0.3, -0.25) is 14.4 Å². The normalized spacial score (nSPS) is 19.6. The number of rotatable bonds is 5. The summed E-state index contributed by atoms with van der Waals surface area (Å²) in [5, 5.41) is 0. The van der Waals surface area contributed by atoms with E-state index in [9.17, 15) is 14.4 Å². The van der Waals surface area contributed by atoms with Crippen molar-refractivity contribution in [3.8, 4) is 5.75 Å². The van der Waals surface area contributed by atoms with Crippen molar-refractivity contribution < 1.29 is 23.9 Å². The topological polar surface area (TPSA) is 73.0 Å². The standard InChI is InChI=1S/C14H14O5/c1-8(15)14(9(2)16)13(19-14)12(17)10-4-6-11(18-3)7-5-10/h4-7,13H,1-3H3. The molecule has 0 saturated carbocycles. The SMILES string of the molecule is COc1ccc(C(=O)C2OC2(C(C)=O)C(C)=O)cc1. The second-order valence-corrected chi connectivity index (χ2v) is 4.44. The Labute approximate surface area is 110 Å². The van der Waals surface area contributed by atoms with Gasteiger partial charge in [0.05, 0.1) is 7.11 Å². The van der Waals surface area contributed by atoms with Gasteiger partial charge in [-0.25, -0.2) is 0 Å². The summed E-state index contributed by atoms with van der Waals surface area (Å²) in [5.41, 5.74) is -1.19. The van der Waals surface area contributed by atoms with Crippen molar-refractivity contribution in [3.05, 3.63) is 29.8 Å². The van der Waals surface area contributed by atoms with Gasteiger partial charge in [-0.05, 0) is 38.1 Å². The molecule has 0 N–H and O–H groups in total. The lowest BCUT2D eigenvalue weighted by atomic mass is 9.92. The van der Waals surface area contributed by atoms with Crippen LogP contribution >= 0.6 is 0 Å². The number of carbonyl (C=O) groups excluding carboxylic acids is 3. The Hall–Kier alpha value is -2.01. The molecule has 1 aromatic rings. The van der Waals surface area contributed by atoms with Crippen LogP contribution in [0.4, 0.5) is 0 Å². The van der Waals surface area contributed by atoms with Gasteiger partial charge < -0.3 is 9.47 Å². The molecule has 0 aromatic heterocycles. The Bertz CT molecular complexity index is 529. The van der Waals surface area contributed by atoms with E-state index in [1.165, 1.54) is 21.0 Å². The van der Waals surface area contributed by atoms with Crippen molar-refractivity contribution in [3.63, 3.8) is 0 Å². The first-order valence-electron chi connectivity index (χ1n) is 5.81. The van der Waals surface area contributed by atoms with Crippen LogP contribution in [0.15, 0.2) is 24.3 Å². The smallest absolute Gasteiger partial charge is 0.218 e. The molecule has 0 amide bonds. The van der Waals surface area contributed by atoms with E-state index >= 15 is 0 Å². The molecule has 19 heavy (non-hydrogen) atoms. The Balaban J connectivity index is 2.22. The van der Waals surface area contributed by atoms with Crippen molar-refractivity contribution in [2.45, 2.75) is 25.6 Å². The highest BCUT2D eigenvalue weighted by molar-refractivity contribution is 6.19. The first kappa shape index (κ1) is 13.4. The lowest BCUT2D eigenvalue weighted by molar-refractivity contribution is -0.132. The van der Waals surface area contributed by atoms with Crippen LogP contribution in [-0.2, 0) is 14.3 Å². The second kappa shape index (κ2) is 4.59. The zero-order chi connectivity index (χ0) is 14.2. The maximum atomic E-state index is 12.2. The highest BCUT2D eigenvalue weighted by Crippen LogP contribution is 2.40. The van der Waals surface area contributed by atoms with Gasteiger partial charge in [0.2, 0.25) is 5.60 Å². The number of hydrogen-bond donors (Lipinski definition) is 0. The number of methoxy groups -OCH3 is 1. The van der Waals surface area contributed by atoms with Gasteiger partial charge in [-0.15, -0.1) is 0 Å². The van der Waals surface area contributed by atoms with Gasteiger partial charge in [-0.1, -0.05) is 0 Å². The molecule has 1 atom stereocenters. The van der Waals surface area contributed by atoms with E-state index in [2.05, 4.69) is 0 Å². The van der Waals surface area contributed by atoms with Crippen LogP contribution in [-0.4, -0.2) is 36.2 Å². The molecule has 1 aliphatic rings. The summed E-state index contributed by atoms with van der Waals surface area (Å²) in [6.07, 6.45) is -1.00. The molecular weight excluding hydrogens is 248 g/mol. The summed E-state index contributed by atoms with van der Waals surface area (Å²) in [6, 6.07) is 6.43. The van der Waals surface area contributed by atoms with Crippen molar-refractivity contribution in [1.29, 1.82) is 0 Å². The fraction of sp³-hybridized carbons (Fsp3) is 0.357. The van der Waals surface area contributed by atoms with Crippen LogP contribution < -0.4 is 4.74 Å². The summed E-state index contributed by atoms with van der Waals surface area (Å²) < 4.78 is 10.1. The highest BCUT2D eigenvalue weighted by Gasteiger charge is 2.67. The second-order valence-electron chi connectivity index (χ2n) is 4.44. The van der Waals surface area contributed by atoms with Crippen LogP contribution in [0.5, 0.6) is 5.75 Å². The van der Waals surface area contributed by atoms with Gasteiger partial charge in [0.25, 0.3) is 0 Å². The van der Waals surface area contributed by atoms with Gasteiger partial charge in [0, 0.05) is 5.56 Å². The quantitative estimate of drug-likeness (QED) is 0.453. The maximum Gasteiger partial charge on any atom is 0.218 e. The molecule has 0 aliphatic carbocycles. The third-order valence-corrected chi connectivity index (χ3v) is 3.27. The Morgan fingerprint density at radius 2 is 1.63 bits per heavy atom. The molecule has 5 nitrogen and oxygen atoms in total. The fourth-order valence-corrected chi connectivity index (χ4v) is 2.08. The first-order valence-corrected chi connectivity index (χ1v) is 5.81. The van der Waals surface area contributed by atoms with Crippen LogP contribution in [0.2, 0.25) is 0 Å². The van der Waals surface area contributed by atoms with Crippen molar-refractivity contribution in [1.82, 2.24) is 0 Å². The molecule has 1 aliphatic heterocycles. The van der Waals surface area contributed by atoms with Crippen LogP contribution in [0.3, 0.4) is 0 Å². The molecule has 1 aromatic carbocycles. The first-order chi connectivity index (χ1) is 8.93. The van der Waals surface area contributed by atoms with Crippen molar-refractivity contribution >= 4 is 17.3 Å². The lowest BCUT2D eigenvalue weighted by Gasteiger charge is -2.04. The van der Waals surface area contributed by atoms with E-state index in [0.717, 1.165) is 0 Å². The average molecular weight is 262 g/mol. The summed E-state index contributed by atoms with van der Waals surface area (Å²) in [7, 11) is 1.53. The third-order valence-electron chi connectivity index (χ3n) is 3.27. The summed E-state index contributed by atoms with van der Waals surface area (Å²) in [4.78, 5) is 35.2. The van der Waals surface area contributed by atoms with E-state index in [0.29, 0.717) is 11.3 Å². The summed E-state index contributed by atoms with van der Waals surface area (Å²) >= 11 is 0. The van der Waals surface area contributed by atoms with E-state index < -0.39 is 23.3 Å². The molecule has 0 spiro atoms. The molecule has 100 valence electrons. The number of Topliss-reactive ketones (excluding diaryl/α,β-unsaturated/α-hetero) is 3. The molecule has 5 heteroatoms. The Morgan fingerprint density at radius 3 is 2.00 bits per heavy atom. The Morgan fingerprint density at radius 1 is 1.11 bits per heavy atom. The summed E-state index contributed by atoms with van der Waals surface area (Å²) in [6.45, 7) is 2.51. The molecule has 1 saturated heterocycles. The van der Waals surface area contributed by atoms with E-state index in [1.807, 2.05) is 0 Å². The number of ketones is 3. The van der Waals surface area contributed by atoms with Gasteiger partial charge in [0.15, 0.2) is 23.5 Å². The monoisotopic (exact) mass is 262 g/mol. The highest BCUT2D eigenvalue weighted by atomic mass is 16.6. The Kier molecular flexibility index (Phi) is 3.24. The van der Waals surface area contributed by atoms with Crippen LogP contribution in [0.25, 0.3) is 0 Å². The minimum absolute atomic E-state index is 0.368. The van der Waals surface area contributed by atoms with Crippen LogP contribution in [0, 0.1) is 0 Å². The molecule has 2 rings (SSSR count). The number of ether oxygens (including phenoxy) is 2. The summed E-state index contributed by atoms with van der Waals surface area (Å²) in [5.74, 6) is -0.621. The molecule has 0 radical (unpaired) electrons. The number of epoxide rings is 1. The van der Waals surface area contributed by atoms with E-state index in [-0.39, 0.29) is 5.78 Å². The molecule has 1 heterocycles. The number of carbonyl (C=O) groups is 3. The lowest BCUT2D eigenvalue weighted by Crippen LogP contribution is -2.35. The molecule has 0 bridgehead atoms. The zero-order valence-corrected chi connectivity index (χ0v) is 10.9. The third kappa shape index (κ3) is 2.06. The van der Waals surface area contributed by atoms with E-state index in [1.54, 1.807) is 24.3 Å². The van der Waals surface area contributed by atoms with Crippen molar-refractivity contribution in [2.24, 2.45) is 0 Å².